The van der Waals surface area contributed by atoms with Gasteiger partial charge < -0.3 is 24.4 Å². The molecule has 0 bridgehead atoms. The molecule has 7 nitrogen and oxygen atoms in total. The average Bonchev–Trinajstić information content (AvgIpc) is 2.54. The molecular weight excluding hydrogens is 300 g/mol. The van der Waals surface area contributed by atoms with Crippen molar-refractivity contribution in [2.45, 2.75) is 13.3 Å². The molecule has 126 valence electrons. The number of ketones is 1. The van der Waals surface area contributed by atoms with Crippen LogP contribution in [0.25, 0.3) is 0 Å². The zero-order valence-electron chi connectivity index (χ0n) is 13.7. The second-order valence-electron chi connectivity index (χ2n) is 5.25. The van der Waals surface area contributed by atoms with Gasteiger partial charge in [-0.2, -0.15) is 0 Å². The zero-order valence-corrected chi connectivity index (χ0v) is 13.7. The number of nitrogens with one attached hydrogen (secondary N) is 1. The van der Waals surface area contributed by atoms with Crippen molar-refractivity contribution < 1.29 is 23.8 Å². The van der Waals surface area contributed by atoms with Crippen molar-refractivity contribution in [1.82, 2.24) is 0 Å². The molecule has 2 rings (SSSR count). The number of amides is 1. The van der Waals surface area contributed by atoms with Gasteiger partial charge in [0.15, 0.2) is 0 Å². The maximum atomic E-state index is 11.8. The third-order valence-corrected chi connectivity index (χ3v) is 3.54. The van der Waals surface area contributed by atoms with Crippen molar-refractivity contribution in [3.8, 4) is 11.5 Å². The Morgan fingerprint density at radius 1 is 1.17 bits per heavy atom. The minimum Gasteiger partial charge on any atom is -0.494 e. The van der Waals surface area contributed by atoms with Gasteiger partial charge in [-0.15, -0.1) is 0 Å². The summed E-state index contributed by atoms with van der Waals surface area (Å²) in [6.07, 6.45) is -0.170. The molecule has 1 aromatic carbocycles. The van der Waals surface area contributed by atoms with Crippen molar-refractivity contribution in [2.24, 2.45) is 0 Å². The summed E-state index contributed by atoms with van der Waals surface area (Å²) >= 11 is 0. The van der Waals surface area contributed by atoms with Crippen LogP contribution in [-0.4, -0.2) is 52.2 Å². The van der Waals surface area contributed by atoms with E-state index in [1.807, 2.05) is 6.07 Å². The lowest BCUT2D eigenvalue weighted by Gasteiger charge is -2.30. The molecule has 1 aliphatic rings. The molecule has 1 aromatic rings. The Balaban J connectivity index is 2.29. The first-order valence-corrected chi connectivity index (χ1v) is 7.43. The van der Waals surface area contributed by atoms with Gasteiger partial charge in [-0.25, -0.2) is 0 Å². The Labute approximate surface area is 135 Å². The Morgan fingerprint density at radius 2 is 1.83 bits per heavy atom. The van der Waals surface area contributed by atoms with Gasteiger partial charge in [-0.05, 0) is 6.92 Å². The number of Topliss-reactive ketones (excluding diaryl/α,β-unsaturated/α-hetero) is 1. The third-order valence-electron chi connectivity index (χ3n) is 3.54. The summed E-state index contributed by atoms with van der Waals surface area (Å²) in [5, 5.41) is 2.69. The summed E-state index contributed by atoms with van der Waals surface area (Å²) in [6, 6.07) is 3.54. The quantitative estimate of drug-likeness (QED) is 0.799. The van der Waals surface area contributed by atoms with Crippen molar-refractivity contribution in [3.05, 3.63) is 12.1 Å². The molecular formula is C16H22N2O5. The normalized spacial score (nSPS) is 14.3. The summed E-state index contributed by atoms with van der Waals surface area (Å²) in [7, 11) is 3.11. The molecule has 0 radical (unpaired) electrons. The summed E-state index contributed by atoms with van der Waals surface area (Å²) in [4.78, 5) is 25.0. The second-order valence-corrected chi connectivity index (χ2v) is 5.25. The van der Waals surface area contributed by atoms with E-state index < -0.39 is 0 Å². The van der Waals surface area contributed by atoms with Crippen molar-refractivity contribution in [2.75, 3.05) is 50.7 Å². The second kappa shape index (κ2) is 7.82. The molecule has 0 spiro atoms. The molecule has 1 aliphatic heterocycles. The SMILES string of the molecule is COc1cc(N2CCOCC2)c(OC)cc1NC(=O)CC(C)=O. The average molecular weight is 322 g/mol. The number of hydrogen-bond donors (Lipinski definition) is 1. The number of methoxy groups -OCH3 is 2. The maximum Gasteiger partial charge on any atom is 0.231 e. The van der Waals surface area contributed by atoms with E-state index >= 15 is 0 Å². The summed E-state index contributed by atoms with van der Waals surface area (Å²) in [5.74, 6) is 0.574. The standard InChI is InChI=1S/C16H22N2O5/c1-11(19)8-16(20)17-12-9-15(22-3)13(10-14(12)21-2)18-4-6-23-7-5-18/h9-10H,4-8H2,1-3H3,(H,17,20). The van der Waals surface area contributed by atoms with E-state index in [0.717, 1.165) is 18.8 Å². The predicted molar refractivity (Wildman–Crippen MR) is 86.5 cm³/mol. The van der Waals surface area contributed by atoms with E-state index in [1.54, 1.807) is 13.2 Å². The molecule has 0 aromatic heterocycles. The molecule has 7 heteroatoms. The van der Waals surface area contributed by atoms with Crippen molar-refractivity contribution in [1.29, 1.82) is 0 Å². The van der Waals surface area contributed by atoms with Crippen molar-refractivity contribution in [3.63, 3.8) is 0 Å². The van der Waals surface area contributed by atoms with Crippen LogP contribution in [0.15, 0.2) is 12.1 Å². The number of carbonyl (C=O) groups is 2. The monoisotopic (exact) mass is 322 g/mol. The number of rotatable bonds is 6. The summed E-state index contributed by atoms with van der Waals surface area (Å²) < 4.78 is 16.2. The van der Waals surface area contributed by atoms with Gasteiger partial charge in [-0.1, -0.05) is 0 Å². The first-order chi connectivity index (χ1) is 11.0. The summed E-state index contributed by atoms with van der Waals surface area (Å²) in [6.45, 7) is 4.20. The smallest absolute Gasteiger partial charge is 0.231 e. The van der Waals surface area contributed by atoms with E-state index in [-0.39, 0.29) is 18.1 Å². The Bertz CT molecular complexity index is 582. The largest absolute Gasteiger partial charge is 0.494 e. The van der Waals surface area contributed by atoms with E-state index in [0.29, 0.717) is 30.4 Å². The van der Waals surface area contributed by atoms with Crippen LogP contribution in [0.5, 0.6) is 11.5 Å². The van der Waals surface area contributed by atoms with Gasteiger partial charge in [0.25, 0.3) is 0 Å². The third kappa shape index (κ3) is 4.35. The number of hydrogen-bond acceptors (Lipinski definition) is 6. The highest BCUT2D eigenvalue weighted by Crippen LogP contribution is 2.38. The topological polar surface area (TPSA) is 77.1 Å². The predicted octanol–water partition coefficient (Wildman–Crippen LogP) is 1.46. The number of carbonyl (C=O) groups excluding carboxylic acids is 2. The first-order valence-electron chi connectivity index (χ1n) is 7.43. The lowest BCUT2D eigenvalue weighted by molar-refractivity contribution is -0.124. The molecule has 0 atom stereocenters. The number of anilines is 2. The molecule has 1 saturated heterocycles. The Hall–Kier alpha value is -2.28. The fourth-order valence-corrected chi connectivity index (χ4v) is 2.45. The molecule has 0 saturated carbocycles. The summed E-state index contributed by atoms with van der Waals surface area (Å²) in [5.41, 5.74) is 1.37. The lowest BCUT2D eigenvalue weighted by Crippen LogP contribution is -2.36. The first kappa shape index (κ1) is 17.1. The van der Waals surface area contributed by atoms with E-state index in [4.69, 9.17) is 14.2 Å². The van der Waals surface area contributed by atoms with E-state index in [2.05, 4.69) is 10.2 Å². The number of benzene rings is 1. The maximum absolute atomic E-state index is 11.8. The van der Waals surface area contributed by atoms with Gasteiger partial charge in [-0.3, -0.25) is 9.59 Å². The molecule has 1 N–H and O–H groups in total. The lowest BCUT2D eigenvalue weighted by atomic mass is 10.2. The van der Waals surface area contributed by atoms with Gasteiger partial charge >= 0.3 is 0 Å². The van der Waals surface area contributed by atoms with E-state index in [1.165, 1.54) is 14.0 Å². The fraction of sp³-hybridized carbons (Fsp3) is 0.500. The molecule has 1 fully saturated rings. The van der Waals surface area contributed by atoms with Gasteiger partial charge in [0, 0.05) is 25.2 Å². The van der Waals surface area contributed by atoms with Crippen LogP contribution in [0.2, 0.25) is 0 Å². The van der Waals surface area contributed by atoms with Crippen LogP contribution in [0.3, 0.4) is 0 Å². The van der Waals surface area contributed by atoms with Gasteiger partial charge in [0.1, 0.15) is 17.3 Å². The number of nitrogens with zero attached hydrogens (tertiary/aromatic N) is 1. The van der Waals surface area contributed by atoms with E-state index in [9.17, 15) is 9.59 Å². The molecule has 1 amide bonds. The number of ether oxygens (including phenoxy) is 3. The molecule has 1 heterocycles. The highest BCUT2D eigenvalue weighted by molar-refractivity contribution is 6.04. The minimum absolute atomic E-state index is 0.170. The van der Waals surface area contributed by atoms with Gasteiger partial charge in [0.05, 0.1) is 45.2 Å². The van der Waals surface area contributed by atoms with Crippen LogP contribution in [0, 0.1) is 0 Å². The highest BCUT2D eigenvalue weighted by Gasteiger charge is 2.20. The van der Waals surface area contributed by atoms with Crippen LogP contribution in [0.1, 0.15) is 13.3 Å². The van der Waals surface area contributed by atoms with Crippen LogP contribution >= 0.6 is 0 Å². The molecule has 23 heavy (non-hydrogen) atoms. The highest BCUT2D eigenvalue weighted by atomic mass is 16.5. The number of morpholine rings is 1. The Morgan fingerprint density at radius 3 is 2.39 bits per heavy atom. The minimum atomic E-state index is -0.378. The van der Waals surface area contributed by atoms with Crippen LogP contribution in [0.4, 0.5) is 11.4 Å². The molecule has 0 unspecified atom stereocenters. The van der Waals surface area contributed by atoms with Crippen molar-refractivity contribution >= 4 is 23.1 Å². The Kier molecular flexibility index (Phi) is 5.81. The van der Waals surface area contributed by atoms with Crippen LogP contribution < -0.4 is 19.7 Å². The fourth-order valence-electron chi connectivity index (χ4n) is 2.45. The molecule has 0 aliphatic carbocycles. The van der Waals surface area contributed by atoms with Crippen LogP contribution in [-0.2, 0) is 14.3 Å². The van der Waals surface area contributed by atoms with Gasteiger partial charge in [0.2, 0.25) is 5.91 Å². The zero-order chi connectivity index (χ0) is 16.8.